The smallest absolute Gasteiger partial charge is 0.315 e. The van der Waals surface area contributed by atoms with Gasteiger partial charge in [-0.05, 0) is 37.1 Å². The van der Waals surface area contributed by atoms with Gasteiger partial charge in [0.1, 0.15) is 5.82 Å². The molecule has 0 bridgehead atoms. The number of nitro benzene ring substituents is 1. The molecule has 0 radical (unpaired) electrons. The summed E-state index contributed by atoms with van der Waals surface area (Å²) in [5.74, 6) is 1.02. The predicted molar refractivity (Wildman–Crippen MR) is 99.9 cm³/mol. The molecule has 7 nitrogen and oxygen atoms in total. The predicted octanol–water partition coefficient (Wildman–Crippen LogP) is 4.63. The Labute approximate surface area is 151 Å². The van der Waals surface area contributed by atoms with Gasteiger partial charge < -0.3 is 14.5 Å². The van der Waals surface area contributed by atoms with Crippen LogP contribution in [-0.4, -0.2) is 28.6 Å². The van der Waals surface area contributed by atoms with E-state index in [0.717, 1.165) is 29.4 Å². The molecule has 136 valence electrons. The molecule has 0 saturated heterocycles. The summed E-state index contributed by atoms with van der Waals surface area (Å²) in [5.41, 5.74) is 3.23. The van der Waals surface area contributed by atoms with Crippen LogP contribution in [0.25, 0.3) is 22.4 Å². The molecule has 0 saturated carbocycles. The molecule has 1 heterocycles. The van der Waals surface area contributed by atoms with Crippen molar-refractivity contribution in [2.45, 2.75) is 26.7 Å². The van der Waals surface area contributed by atoms with Crippen LogP contribution in [0.5, 0.6) is 11.5 Å². The molecule has 7 heteroatoms. The zero-order chi connectivity index (χ0) is 18.7. The van der Waals surface area contributed by atoms with Crippen LogP contribution >= 0.6 is 0 Å². The maximum Gasteiger partial charge on any atom is 0.315 e. The van der Waals surface area contributed by atoms with Crippen molar-refractivity contribution in [3.63, 3.8) is 0 Å². The second kappa shape index (κ2) is 7.43. The maximum absolute atomic E-state index is 11.6. The van der Waals surface area contributed by atoms with E-state index in [2.05, 4.69) is 9.97 Å². The van der Waals surface area contributed by atoms with Gasteiger partial charge in [0.05, 0.1) is 29.7 Å². The Morgan fingerprint density at radius 1 is 1.27 bits per heavy atom. The highest BCUT2D eigenvalue weighted by molar-refractivity contribution is 5.81. The van der Waals surface area contributed by atoms with Crippen molar-refractivity contribution in [1.29, 1.82) is 0 Å². The highest BCUT2D eigenvalue weighted by Gasteiger charge is 2.23. The van der Waals surface area contributed by atoms with Gasteiger partial charge in [0.15, 0.2) is 5.75 Å². The van der Waals surface area contributed by atoms with E-state index in [1.165, 1.54) is 13.2 Å². The fourth-order valence-corrected chi connectivity index (χ4v) is 2.74. The first-order chi connectivity index (χ1) is 12.5. The summed E-state index contributed by atoms with van der Waals surface area (Å²) < 4.78 is 11.0. The van der Waals surface area contributed by atoms with Crippen molar-refractivity contribution in [3.8, 4) is 22.9 Å². The van der Waals surface area contributed by atoms with E-state index < -0.39 is 4.92 Å². The quantitative estimate of drug-likeness (QED) is 0.379. The van der Waals surface area contributed by atoms with Gasteiger partial charge in [0.2, 0.25) is 5.75 Å². The number of hydrogen-bond donors (Lipinski definition) is 1. The number of fused-ring (bicyclic) bond motifs is 1. The summed E-state index contributed by atoms with van der Waals surface area (Å²) >= 11 is 0. The van der Waals surface area contributed by atoms with Crippen molar-refractivity contribution in [1.82, 2.24) is 9.97 Å². The number of aromatic nitrogens is 2. The summed E-state index contributed by atoms with van der Waals surface area (Å²) in [6, 6.07) is 9.05. The Morgan fingerprint density at radius 2 is 2.08 bits per heavy atom. The summed E-state index contributed by atoms with van der Waals surface area (Å²) in [5, 5.41) is 11.6. The number of imidazole rings is 1. The summed E-state index contributed by atoms with van der Waals surface area (Å²) in [7, 11) is 1.47. The molecule has 0 unspecified atom stereocenters. The van der Waals surface area contributed by atoms with Crippen LogP contribution in [0.3, 0.4) is 0 Å². The largest absolute Gasteiger partial charge is 0.493 e. The van der Waals surface area contributed by atoms with Crippen LogP contribution in [0, 0.1) is 17.0 Å². The molecule has 1 aromatic heterocycles. The number of rotatable bonds is 7. The number of nitro groups is 1. The Kier molecular flexibility index (Phi) is 5.06. The fraction of sp³-hybridized carbons (Fsp3) is 0.316. The highest BCUT2D eigenvalue weighted by atomic mass is 16.6. The van der Waals surface area contributed by atoms with Crippen molar-refractivity contribution in [3.05, 3.63) is 46.0 Å². The maximum atomic E-state index is 11.6. The lowest BCUT2D eigenvalue weighted by molar-refractivity contribution is -0.385. The van der Waals surface area contributed by atoms with Gasteiger partial charge in [-0.25, -0.2) is 4.98 Å². The number of methoxy groups -OCH3 is 1. The van der Waals surface area contributed by atoms with Crippen LogP contribution in [0.15, 0.2) is 30.3 Å². The molecule has 0 fully saturated rings. The number of unbranched alkanes of at least 4 members (excludes halogenated alkanes) is 1. The lowest BCUT2D eigenvalue weighted by atomic mass is 10.1. The summed E-state index contributed by atoms with van der Waals surface area (Å²) in [6.45, 7) is 4.43. The number of aryl methyl sites for hydroxylation is 1. The van der Waals surface area contributed by atoms with Gasteiger partial charge in [0.25, 0.3) is 0 Å². The highest BCUT2D eigenvalue weighted by Crippen LogP contribution is 2.41. The molecule has 1 N–H and O–H groups in total. The van der Waals surface area contributed by atoms with Crippen molar-refractivity contribution in [2.24, 2.45) is 0 Å². The third-order valence-corrected chi connectivity index (χ3v) is 4.11. The normalized spacial score (nSPS) is 10.9. The molecule has 2 aromatic carbocycles. The molecule has 0 atom stereocenters. The van der Waals surface area contributed by atoms with Gasteiger partial charge in [-0.3, -0.25) is 10.1 Å². The molecule has 0 aliphatic carbocycles. The SMILES string of the molecule is CCCCOc1c(OC)cc(-c2nc3ccc(C)cc3[nH]2)cc1[N+](=O)[O-]. The molecule has 0 aliphatic rings. The molecule has 3 rings (SSSR count). The van der Waals surface area contributed by atoms with Crippen LogP contribution in [0.2, 0.25) is 0 Å². The Morgan fingerprint density at radius 3 is 2.77 bits per heavy atom. The first-order valence-corrected chi connectivity index (χ1v) is 8.49. The minimum Gasteiger partial charge on any atom is -0.493 e. The molecule has 0 amide bonds. The topological polar surface area (TPSA) is 90.3 Å². The summed E-state index contributed by atoms with van der Waals surface area (Å²) in [4.78, 5) is 18.8. The Hall–Kier alpha value is -3.09. The minimum atomic E-state index is -0.458. The van der Waals surface area contributed by atoms with E-state index in [1.54, 1.807) is 6.07 Å². The lowest BCUT2D eigenvalue weighted by Gasteiger charge is -2.12. The molecule has 0 spiro atoms. The third kappa shape index (κ3) is 3.46. The van der Waals surface area contributed by atoms with Gasteiger partial charge in [0, 0.05) is 11.6 Å². The van der Waals surface area contributed by atoms with E-state index in [0.29, 0.717) is 23.7 Å². The van der Waals surface area contributed by atoms with E-state index in [-0.39, 0.29) is 11.4 Å². The number of aromatic amines is 1. The number of hydrogen-bond acceptors (Lipinski definition) is 5. The summed E-state index contributed by atoms with van der Waals surface area (Å²) in [6.07, 6.45) is 1.75. The number of H-pyrrole nitrogens is 1. The van der Waals surface area contributed by atoms with E-state index >= 15 is 0 Å². The molecule has 3 aromatic rings. The average Bonchev–Trinajstić information content (AvgIpc) is 3.04. The second-order valence-corrected chi connectivity index (χ2v) is 6.09. The molecule has 0 aliphatic heterocycles. The number of ether oxygens (including phenoxy) is 2. The van der Waals surface area contributed by atoms with E-state index in [1.807, 2.05) is 32.0 Å². The molecular formula is C19H21N3O4. The Bertz CT molecular complexity index is 949. The first kappa shape index (κ1) is 17.7. The van der Waals surface area contributed by atoms with E-state index in [9.17, 15) is 10.1 Å². The number of nitrogens with zero attached hydrogens (tertiary/aromatic N) is 2. The Balaban J connectivity index is 2.09. The van der Waals surface area contributed by atoms with Crippen molar-refractivity contribution >= 4 is 16.7 Å². The fourth-order valence-electron chi connectivity index (χ4n) is 2.74. The second-order valence-electron chi connectivity index (χ2n) is 6.09. The van der Waals surface area contributed by atoms with Crippen LogP contribution in [0.1, 0.15) is 25.3 Å². The lowest BCUT2D eigenvalue weighted by Crippen LogP contribution is -2.03. The zero-order valence-electron chi connectivity index (χ0n) is 15.0. The number of benzene rings is 2. The molecular weight excluding hydrogens is 334 g/mol. The number of nitrogens with one attached hydrogen (secondary N) is 1. The van der Waals surface area contributed by atoms with Crippen LogP contribution < -0.4 is 9.47 Å². The third-order valence-electron chi connectivity index (χ3n) is 4.11. The van der Waals surface area contributed by atoms with Crippen LogP contribution in [0.4, 0.5) is 5.69 Å². The van der Waals surface area contributed by atoms with Gasteiger partial charge in [-0.15, -0.1) is 0 Å². The van der Waals surface area contributed by atoms with Crippen molar-refractivity contribution < 1.29 is 14.4 Å². The molecule has 26 heavy (non-hydrogen) atoms. The zero-order valence-corrected chi connectivity index (χ0v) is 15.0. The van der Waals surface area contributed by atoms with Gasteiger partial charge >= 0.3 is 5.69 Å². The van der Waals surface area contributed by atoms with Crippen LogP contribution in [-0.2, 0) is 0 Å². The van der Waals surface area contributed by atoms with Gasteiger partial charge in [-0.1, -0.05) is 19.4 Å². The van der Waals surface area contributed by atoms with E-state index in [4.69, 9.17) is 9.47 Å². The minimum absolute atomic E-state index is 0.132. The van der Waals surface area contributed by atoms with Gasteiger partial charge in [-0.2, -0.15) is 0 Å². The standard InChI is InChI=1S/C19H21N3O4/c1-4-5-8-26-18-16(22(23)24)10-13(11-17(18)25-3)19-20-14-7-6-12(2)9-15(14)21-19/h6-7,9-11H,4-5,8H2,1-3H3,(H,20,21). The monoisotopic (exact) mass is 355 g/mol. The average molecular weight is 355 g/mol. The first-order valence-electron chi connectivity index (χ1n) is 8.49. The van der Waals surface area contributed by atoms with Crippen molar-refractivity contribution in [2.75, 3.05) is 13.7 Å².